The molecule has 1 fully saturated rings. The Hall–Kier alpha value is -2.40. The highest BCUT2D eigenvalue weighted by Gasteiger charge is 2.45. The Labute approximate surface area is 150 Å². The maximum absolute atomic E-state index is 12.7. The van der Waals surface area contributed by atoms with Gasteiger partial charge in [-0.1, -0.05) is 36.4 Å². The molecule has 1 amide bonds. The molecule has 2 atom stereocenters. The molecule has 1 aliphatic heterocycles. The van der Waals surface area contributed by atoms with E-state index in [9.17, 15) is 4.79 Å². The highest BCUT2D eigenvalue weighted by Crippen LogP contribution is 2.47. The summed E-state index contributed by atoms with van der Waals surface area (Å²) >= 11 is 1.53. The molecule has 1 saturated heterocycles. The first-order chi connectivity index (χ1) is 12.2. The molecule has 0 saturated carbocycles. The van der Waals surface area contributed by atoms with E-state index >= 15 is 0 Å². The Morgan fingerprint density at radius 3 is 2.76 bits per heavy atom. The Kier molecular flexibility index (Phi) is 3.31. The van der Waals surface area contributed by atoms with Crippen LogP contribution >= 0.6 is 11.3 Å². The molecule has 3 heterocycles. The zero-order valence-electron chi connectivity index (χ0n) is 14.1. The van der Waals surface area contributed by atoms with E-state index < -0.39 is 0 Å². The third kappa shape index (κ3) is 2.26. The molecule has 5 heteroatoms. The number of rotatable bonds is 2. The number of likely N-dealkylation sites (tertiary alicyclic amines) is 1. The van der Waals surface area contributed by atoms with E-state index in [1.807, 2.05) is 40.2 Å². The topological polar surface area (TPSA) is 38.1 Å². The predicted octanol–water partition coefficient (Wildman–Crippen LogP) is 3.56. The van der Waals surface area contributed by atoms with Crippen molar-refractivity contribution in [2.24, 2.45) is 13.0 Å². The molecule has 126 valence electrons. The van der Waals surface area contributed by atoms with Gasteiger partial charge >= 0.3 is 0 Å². The fraction of sp³-hybridized carbons (Fsp3) is 0.300. The number of benzene rings is 1. The SMILES string of the molecule is Cn1nc(-c2ccccc2)c2c1C[C@@H]1CN(C(=O)c3cccs3)C[C@H]21. The summed E-state index contributed by atoms with van der Waals surface area (Å²) in [4.78, 5) is 15.6. The minimum absolute atomic E-state index is 0.177. The van der Waals surface area contributed by atoms with Crippen molar-refractivity contribution >= 4 is 17.2 Å². The van der Waals surface area contributed by atoms with Gasteiger partial charge in [0.1, 0.15) is 0 Å². The molecular weight excluding hydrogens is 330 g/mol. The van der Waals surface area contributed by atoms with Gasteiger partial charge in [-0.05, 0) is 23.8 Å². The van der Waals surface area contributed by atoms with Gasteiger partial charge in [0.25, 0.3) is 5.91 Å². The Morgan fingerprint density at radius 1 is 1.16 bits per heavy atom. The van der Waals surface area contributed by atoms with E-state index in [1.54, 1.807) is 0 Å². The van der Waals surface area contributed by atoms with Gasteiger partial charge in [-0.3, -0.25) is 9.48 Å². The zero-order valence-corrected chi connectivity index (χ0v) is 14.9. The van der Waals surface area contributed by atoms with Crippen molar-refractivity contribution in [1.82, 2.24) is 14.7 Å². The molecule has 0 radical (unpaired) electrons. The molecule has 0 unspecified atom stereocenters. The zero-order chi connectivity index (χ0) is 17.0. The van der Waals surface area contributed by atoms with E-state index in [-0.39, 0.29) is 5.91 Å². The summed E-state index contributed by atoms with van der Waals surface area (Å²) in [5.41, 5.74) is 4.97. The smallest absolute Gasteiger partial charge is 0.263 e. The third-order valence-corrected chi connectivity index (χ3v) is 6.40. The average molecular weight is 349 g/mol. The van der Waals surface area contributed by atoms with Gasteiger partial charge in [-0.2, -0.15) is 5.10 Å². The molecule has 0 N–H and O–H groups in total. The Morgan fingerprint density at radius 2 is 2.00 bits per heavy atom. The number of nitrogens with zero attached hydrogens (tertiary/aromatic N) is 3. The lowest BCUT2D eigenvalue weighted by Crippen LogP contribution is -2.29. The van der Waals surface area contributed by atoms with Crippen LogP contribution in [0.4, 0.5) is 0 Å². The van der Waals surface area contributed by atoms with Gasteiger partial charge in [-0.25, -0.2) is 0 Å². The minimum Gasteiger partial charge on any atom is -0.337 e. The van der Waals surface area contributed by atoms with Crippen molar-refractivity contribution in [2.45, 2.75) is 12.3 Å². The van der Waals surface area contributed by atoms with Crippen molar-refractivity contribution in [1.29, 1.82) is 0 Å². The standard InChI is InChI=1S/C20H19N3OS/c1-22-16-10-14-11-23(20(24)17-8-5-9-25-17)12-15(14)18(16)19(21-22)13-6-3-2-4-7-13/h2-9,14-15H,10-12H2,1H3/t14-,15+/m1/s1. The van der Waals surface area contributed by atoms with E-state index in [4.69, 9.17) is 5.10 Å². The van der Waals surface area contributed by atoms with Crippen LogP contribution in [0.25, 0.3) is 11.3 Å². The van der Waals surface area contributed by atoms with Crippen molar-refractivity contribution in [2.75, 3.05) is 13.1 Å². The van der Waals surface area contributed by atoms with Crippen molar-refractivity contribution < 1.29 is 4.79 Å². The highest BCUT2D eigenvalue weighted by atomic mass is 32.1. The quantitative estimate of drug-likeness (QED) is 0.709. The minimum atomic E-state index is 0.177. The summed E-state index contributed by atoms with van der Waals surface area (Å²) in [6, 6.07) is 14.3. The van der Waals surface area contributed by atoms with Crippen LogP contribution in [0.5, 0.6) is 0 Å². The fourth-order valence-corrected chi connectivity index (χ4v) is 5.08. The molecule has 0 spiro atoms. The van der Waals surface area contributed by atoms with Gasteiger partial charge in [0, 0.05) is 42.9 Å². The highest BCUT2D eigenvalue weighted by molar-refractivity contribution is 7.12. The van der Waals surface area contributed by atoms with E-state index in [2.05, 4.69) is 24.3 Å². The number of aromatic nitrogens is 2. The summed E-state index contributed by atoms with van der Waals surface area (Å²) in [5.74, 6) is 1.10. The van der Waals surface area contributed by atoms with Crippen LogP contribution < -0.4 is 0 Å². The van der Waals surface area contributed by atoms with Crippen LogP contribution in [0, 0.1) is 5.92 Å². The monoisotopic (exact) mass is 349 g/mol. The number of carbonyl (C=O) groups is 1. The fourth-order valence-electron chi connectivity index (χ4n) is 4.39. The number of carbonyl (C=O) groups excluding carboxylic acids is 1. The molecule has 5 rings (SSSR count). The first kappa shape index (κ1) is 14.9. The van der Waals surface area contributed by atoms with Crippen LogP contribution in [-0.2, 0) is 13.5 Å². The summed E-state index contributed by atoms with van der Waals surface area (Å²) in [7, 11) is 2.04. The van der Waals surface area contributed by atoms with Crippen molar-refractivity contribution in [3.05, 3.63) is 64.0 Å². The number of thiophene rings is 1. The molecule has 0 bridgehead atoms. The maximum atomic E-state index is 12.7. The molecular formula is C20H19N3OS. The van der Waals surface area contributed by atoms with Crippen molar-refractivity contribution in [3.63, 3.8) is 0 Å². The lowest BCUT2D eigenvalue weighted by Gasteiger charge is -2.16. The number of aryl methyl sites for hydroxylation is 1. The van der Waals surface area contributed by atoms with E-state index in [0.29, 0.717) is 11.8 Å². The predicted molar refractivity (Wildman–Crippen MR) is 98.8 cm³/mol. The molecule has 3 aromatic rings. The third-order valence-electron chi connectivity index (χ3n) is 5.54. The van der Waals surface area contributed by atoms with E-state index in [0.717, 1.165) is 30.1 Å². The summed E-state index contributed by atoms with van der Waals surface area (Å²) in [6.45, 7) is 1.66. The largest absolute Gasteiger partial charge is 0.337 e. The molecule has 2 aromatic heterocycles. The number of fused-ring (bicyclic) bond motifs is 3. The summed E-state index contributed by atoms with van der Waals surface area (Å²) in [5, 5.41) is 6.77. The van der Waals surface area contributed by atoms with Crippen molar-refractivity contribution in [3.8, 4) is 11.3 Å². The molecule has 25 heavy (non-hydrogen) atoms. The molecule has 1 aromatic carbocycles. The number of amides is 1. The number of hydrogen-bond acceptors (Lipinski definition) is 3. The van der Waals surface area contributed by atoms with Gasteiger partial charge in [0.15, 0.2) is 0 Å². The van der Waals surface area contributed by atoms with Gasteiger partial charge in [0.2, 0.25) is 0 Å². The first-order valence-corrected chi connectivity index (χ1v) is 9.54. The first-order valence-electron chi connectivity index (χ1n) is 8.66. The van der Waals surface area contributed by atoms with E-state index in [1.165, 1.54) is 28.2 Å². The average Bonchev–Trinajstić information content (AvgIpc) is 3.38. The van der Waals surface area contributed by atoms with Gasteiger partial charge < -0.3 is 4.90 Å². The lowest BCUT2D eigenvalue weighted by atomic mass is 9.94. The Bertz CT molecular complexity index is 930. The van der Waals surface area contributed by atoms with Crippen LogP contribution in [-0.4, -0.2) is 33.7 Å². The summed E-state index contributed by atoms with van der Waals surface area (Å²) in [6.07, 6.45) is 1.02. The van der Waals surface area contributed by atoms with Crippen LogP contribution in [0.3, 0.4) is 0 Å². The molecule has 1 aliphatic carbocycles. The van der Waals surface area contributed by atoms with Crippen LogP contribution in [0.1, 0.15) is 26.8 Å². The molecule has 2 aliphatic rings. The second-order valence-corrected chi connectivity index (χ2v) is 7.90. The van der Waals surface area contributed by atoms with Gasteiger partial charge in [-0.15, -0.1) is 11.3 Å². The van der Waals surface area contributed by atoms with Gasteiger partial charge in [0.05, 0.1) is 10.6 Å². The normalized spacial score (nSPS) is 21.4. The molecule has 4 nitrogen and oxygen atoms in total. The maximum Gasteiger partial charge on any atom is 0.263 e. The Balaban J connectivity index is 1.49. The van der Waals surface area contributed by atoms with Crippen LogP contribution in [0.15, 0.2) is 47.8 Å². The second-order valence-electron chi connectivity index (χ2n) is 6.96. The lowest BCUT2D eigenvalue weighted by molar-refractivity contribution is 0.0790. The van der Waals surface area contributed by atoms with Crippen LogP contribution in [0.2, 0.25) is 0 Å². The number of hydrogen-bond donors (Lipinski definition) is 0. The second kappa shape index (κ2) is 5.56. The summed E-state index contributed by atoms with van der Waals surface area (Å²) < 4.78 is 2.04.